The number of ether oxygens (including phenoxy) is 1. The molecule has 0 spiro atoms. The summed E-state index contributed by atoms with van der Waals surface area (Å²) in [7, 11) is 0. The first-order valence-corrected chi connectivity index (χ1v) is 6.96. The summed E-state index contributed by atoms with van der Waals surface area (Å²) in [5.41, 5.74) is -0.453. The predicted molar refractivity (Wildman–Crippen MR) is 73.6 cm³/mol. The van der Waals surface area contributed by atoms with Crippen molar-refractivity contribution >= 4 is 6.09 Å². The molecule has 2 N–H and O–H groups in total. The van der Waals surface area contributed by atoms with Gasteiger partial charge in [0.1, 0.15) is 5.60 Å². The van der Waals surface area contributed by atoms with Crippen LogP contribution in [0, 0.1) is 11.3 Å². The Hall–Kier alpha value is -1.28. The molecule has 1 saturated carbocycles. The average Bonchev–Trinajstić information content (AvgIpc) is 2.22. The predicted octanol–water partition coefficient (Wildman–Crippen LogP) is 2.32. The zero-order valence-electron chi connectivity index (χ0n) is 12.3. The molecule has 108 valence electrons. The van der Waals surface area contributed by atoms with Crippen molar-refractivity contribution < 1.29 is 9.53 Å². The number of nitriles is 1. The molecule has 19 heavy (non-hydrogen) atoms. The molecule has 1 atom stereocenters. The molecular formula is C14H25N3O2. The summed E-state index contributed by atoms with van der Waals surface area (Å²) in [6.07, 6.45) is 2.95. The molecule has 0 radical (unpaired) electrons. The van der Waals surface area contributed by atoms with E-state index in [0.29, 0.717) is 12.5 Å². The van der Waals surface area contributed by atoms with E-state index in [1.54, 1.807) is 0 Å². The van der Waals surface area contributed by atoms with Crippen LogP contribution in [0.1, 0.15) is 53.4 Å². The van der Waals surface area contributed by atoms with Gasteiger partial charge in [0.05, 0.1) is 12.5 Å². The van der Waals surface area contributed by atoms with Crippen LogP contribution in [0.5, 0.6) is 0 Å². The highest BCUT2D eigenvalue weighted by Crippen LogP contribution is 2.22. The minimum absolute atomic E-state index is 0.187. The maximum absolute atomic E-state index is 11.6. The van der Waals surface area contributed by atoms with Crippen molar-refractivity contribution in [2.45, 2.75) is 77.1 Å². The highest BCUT2D eigenvalue weighted by atomic mass is 16.6. The molecular weight excluding hydrogens is 242 g/mol. The molecule has 0 aliphatic heterocycles. The van der Waals surface area contributed by atoms with E-state index in [0.717, 1.165) is 19.3 Å². The molecule has 0 heterocycles. The Kier molecular flexibility index (Phi) is 5.61. The van der Waals surface area contributed by atoms with Crippen LogP contribution in [0.2, 0.25) is 0 Å². The van der Waals surface area contributed by atoms with E-state index in [9.17, 15) is 4.79 Å². The molecule has 0 aromatic rings. The number of rotatable bonds is 5. The lowest BCUT2D eigenvalue weighted by Crippen LogP contribution is -2.55. The van der Waals surface area contributed by atoms with E-state index >= 15 is 0 Å². The molecule has 0 aromatic carbocycles. The molecule has 5 nitrogen and oxygen atoms in total. The van der Waals surface area contributed by atoms with Gasteiger partial charge in [0.25, 0.3) is 0 Å². The summed E-state index contributed by atoms with van der Waals surface area (Å²) in [4.78, 5) is 11.6. The van der Waals surface area contributed by atoms with E-state index in [1.165, 1.54) is 0 Å². The van der Waals surface area contributed by atoms with Crippen LogP contribution < -0.4 is 10.6 Å². The van der Waals surface area contributed by atoms with E-state index in [4.69, 9.17) is 10.00 Å². The Bertz CT molecular complexity index is 338. The topological polar surface area (TPSA) is 74.2 Å². The third-order valence-corrected chi connectivity index (χ3v) is 3.16. The fourth-order valence-electron chi connectivity index (χ4n) is 2.11. The maximum Gasteiger partial charge on any atom is 0.407 e. The second kappa shape index (κ2) is 6.76. The number of carbonyl (C=O) groups excluding carboxylic acids is 1. The molecule has 5 heteroatoms. The molecule has 1 fully saturated rings. The van der Waals surface area contributed by atoms with Crippen molar-refractivity contribution in [2.75, 3.05) is 0 Å². The quantitative estimate of drug-likeness (QED) is 0.801. The number of alkyl carbamates (subject to hydrolysis) is 1. The normalized spacial score (nSPS) is 23.9. The van der Waals surface area contributed by atoms with Gasteiger partial charge in [-0.2, -0.15) is 5.26 Å². The van der Waals surface area contributed by atoms with Gasteiger partial charge in [0, 0.05) is 18.1 Å². The number of carbonyl (C=O) groups is 1. The van der Waals surface area contributed by atoms with Crippen molar-refractivity contribution in [3.63, 3.8) is 0 Å². The van der Waals surface area contributed by atoms with Crippen LogP contribution in [0.25, 0.3) is 0 Å². The van der Waals surface area contributed by atoms with Crippen molar-refractivity contribution in [1.82, 2.24) is 10.6 Å². The zero-order valence-corrected chi connectivity index (χ0v) is 12.3. The van der Waals surface area contributed by atoms with Gasteiger partial charge in [-0.05, 0) is 40.0 Å². The first-order chi connectivity index (χ1) is 8.84. The highest BCUT2D eigenvalue weighted by molar-refractivity contribution is 5.68. The van der Waals surface area contributed by atoms with Crippen molar-refractivity contribution in [2.24, 2.45) is 0 Å². The van der Waals surface area contributed by atoms with E-state index < -0.39 is 5.60 Å². The SMILES string of the molecule is CCC(CC#N)NC1CC(NC(=O)OC(C)(C)C)C1. The number of hydrogen-bond donors (Lipinski definition) is 2. The van der Waals surface area contributed by atoms with Crippen LogP contribution in [0.15, 0.2) is 0 Å². The molecule has 1 aliphatic rings. The Morgan fingerprint density at radius 3 is 2.53 bits per heavy atom. The molecule has 1 aliphatic carbocycles. The first-order valence-electron chi connectivity index (χ1n) is 6.96. The van der Waals surface area contributed by atoms with Gasteiger partial charge in [0.2, 0.25) is 0 Å². The van der Waals surface area contributed by atoms with Gasteiger partial charge < -0.3 is 15.4 Å². The largest absolute Gasteiger partial charge is 0.444 e. The van der Waals surface area contributed by atoms with Gasteiger partial charge >= 0.3 is 6.09 Å². The van der Waals surface area contributed by atoms with Crippen molar-refractivity contribution in [3.05, 3.63) is 0 Å². The Morgan fingerprint density at radius 1 is 1.42 bits per heavy atom. The van der Waals surface area contributed by atoms with Crippen LogP contribution in [-0.4, -0.2) is 29.8 Å². The van der Waals surface area contributed by atoms with Gasteiger partial charge in [-0.1, -0.05) is 6.92 Å². The van der Waals surface area contributed by atoms with E-state index in [2.05, 4.69) is 23.6 Å². The van der Waals surface area contributed by atoms with Gasteiger partial charge in [-0.25, -0.2) is 4.79 Å². The first kappa shape index (κ1) is 15.8. The van der Waals surface area contributed by atoms with Gasteiger partial charge in [-0.15, -0.1) is 0 Å². The van der Waals surface area contributed by atoms with Crippen LogP contribution in [-0.2, 0) is 4.74 Å². The second-order valence-electron chi connectivity index (χ2n) is 6.15. The van der Waals surface area contributed by atoms with Crippen molar-refractivity contribution in [3.8, 4) is 6.07 Å². The lowest BCUT2D eigenvalue weighted by Gasteiger charge is -2.38. The second-order valence-corrected chi connectivity index (χ2v) is 6.15. The summed E-state index contributed by atoms with van der Waals surface area (Å²) >= 11 is 0. The van der Waals surface area contributed by atoms with Gasteiger partial charge in [0.15, 0.2) is 0 Å². The molecule has 0 bridgehead atoms. The summed E-state index contributed by atoms with van der Waals surface area (Å²) in [6, 6.07) is 3.04. The summed E-state index contributed by atoms with van der Waals surface area (Å²) in [5.74, 6) is 0. The summed E-state index contributed by atoms with van der Waals surface area (Å²) < 4.78 is 5.21. The number of nitrogens with one attached hydrogen (secondary N) is 2. The average molecular weight is 267 g/mol. The molecule has 0 aromatic heterocycles. The third kappa shape index (κ3) is 5.93. The lowest BCUT2D eigenvalue weighted by atomic mass is 9.86. The van der Waals surface area contributed by atoms with E-state index in [1.807, 2.05) is 20.8 Å². The third-order valence-electron chi connectivity index (χ3n) is 3.16. The van der Waals surface area contributed by atoms with E-state index in [-0.39, 0.29) is 18.2 Å². The van der Waals surface area contributed by atoms with Crippen LogP contribution in [0.3, 0.4) is 0 Å². The number of hydrogen-bond acceptors (Lipinski definition) is 4. The minimum atomic E-state index is -0.453. The van der Waals surface area contributed by atoms with Crippen LogP contribution in [0.4, 0.5) is 4.79 Å². The number of nitrogens with zero attached hydrogens (tertiary/aromatic N) is 1. The fourth-order valence-corrected chi connectivity index (χ4v) is 2.11. The van der Waals surface area contributed by atoms with Gasteiger partial charge in [-0.3, -0.25) is 0 Å². The molecule has 1 rings (SSSR count). The summed E-state index contributed by atoms with van der Waals surface area (Å²) in [6.45, 7) is 7.63. The maximum atomic E-state index is 11.6. The smallest absolute Gasteiger partial charge is 0.407 e. The Balaban J connectivity index is 2.20. The summed E-state index contributed by atoms with van der Waals surface area (Å²) in [5, 5.41) is 15.0. The zero-order chi connectivity index (χ0) is 14.5. The van der Waals surface area contributed by atoms with Crippen molar-refractivity contribution in [1.29, 1.82) is 5.26 Å². The molecule has 1 amide bonds. The Morgan fingerprint density at radius 2 is 2.05 bits per heavy atom. The molecule has 1 unspecified atom stereocenters. The lowest BCUT2D eigenvalue weighted by molar-refractivity contribution is 0.0463. The standard InChI is InChI=1S/C14H25N3O2/c1-5-10(6-7-15)16-11-8-12(9-11)17-13(18)19-14(2,3)4/h10-12,16H,5-6,8-9H2,1-4H3,(H,17,18). The van der Waals surface area contributed by atoms with Crippen LogP contribution >= 0.6 is 0 Å². The Labute approximate surface area is 115 Å². The monoisotopic (exact) mass is 267 g/mol. The number of amides is 1. The minimum Gasteiger partial charge on any atom is -0.444 e. The molecule has 0 saturated heterocycles. The highest BCUT2D eigenvalue weighted by Gasteiger charge is 2.32. The fraction of sp³-hybridized carbons (Fsp3) is 0.857.